The van der Waals surface area contributed by atoms with E-state index in [1.165, 1.54) is 21.3 Å². The highest BCUT2D eigenvalue weighted by atomic mass is 28.4. The Bertz CT molecular complexity index is 121. The fourth-order valence-corrected chi connectivity index (χ4v) is 1.28. The predicted octanol–water partition coefficient (Wildman–Crippen LogP) is 0.288. The molecule has 0 saturated heterocycles. The van der Waals surface area contributed by atoms with Crippen molar-refractivity contribution in [3.8, 4) is 12.0 Å². The highest BCUT2D eigenvalue weighted by molar-refractivity contribution is 6.69. The molecule has 0 rings (SSSR count). The Hall–Kier alpha value is -0.126. The first-order valence-electron chi connectivity index (χ1n) is 3.79. The van der Waals surface area contributed by atoms with Crippen LogP contribution in [0, 0.1) is 12.0 Å². The second-order valence-electron chi connectivity index (χ2n) is 2.02. The summed E-state index contributed by atoms with van der Waals surface area (Å²) in [5.41, 5.74) is 2.34. The summed E-state index contributed by atoms with van der Waals surface area (Å²) in [6.07, 6.45) is 5.08. The molecular weight excluding hydrogens is 188 g/mol. The minimum Gasteiger partial charge on any atom is -0.367 e. The Balaban J connectivity index is 0. The Morgan fingerprint density at radius 1 is 1.08 bits per heavy atom. The van der Waals surface area contributed by atoms with Crippen molar-refractivity contribution < 1.29 is 13.3 Å². The van der Waals surface area contributed by atoms with Crippen LogP contribution < -0.4 is 0 Å². The minimum atomic E-state index is -2.66. The van der Waals surface area contributed by atoms with E-state index in [0.29, 0.717) is 9.52 Å². The lowest BCUT2D eigenvalue weighted by molar-refractivity contribution is 0.142. The first-order valence-corrected chi connectivity index (χ1v) is 8.34. The van der Waals surface area contributed by atoms with Gasteiger partial charge in [-0.1, -0.05) is 13.1 Å². The second kappa shape index (κ2) is 8.97. The fourth-order valence-electron chi connectivity index (χ4n) is 0.427. The van der Waals surface area contributed by atoms with Crippen LogP contribution in [0.25, 0.3) is 0 Å². The Morgan fingerprint density at radius 2 is 1.33 bits per heavy atom. The lowest BCUT2D eigenvalue weighted by Gasteiger charge is -2.16. The van der Waals surface area contributed by atoms with E-state index in [1.807, 2.05) is 0 Å². The zero-order valence-corrected chi connectivity index (χ0v) is 10.9. The van der Waals surface area contributed by atoms with Crippen LogP contribution in [0.4, 0.5) is 0 Å². The molecule has 0 bridgehead atoms. The van der Waals surface area contributed by atoms with Gasteiger partial charge in [0, 0.05) is 30.8 Å². The minimum absolute atomic E-state index is 0.417. The van der Waals surface area contributed by atoms with Crippen molar-refractivity contribution in [3.05, 3.63) is 0 Å². The molecule has 0 aromatic rings. The maximum atomic E-state index is 5.08. The van der Waals surface area contributed by atoms with E-state index in [4.69, 9.17) is 19.7 Å². The second-order valence-corrected chi connectivity index (χ2v) is 6.06. The van der Waals surface area contributed by atoms with Gasteiger partial charge in [0.25, 0.3) is 0 Å². The molecule has 0 atom stereocenters. The fraction of sp³-hybridized carbons (Fsp3) is 0.714. The van der Waals surface area contributed by atoms with E-state index >= 15 is 0 Å². The Kier molecular flexibility index (Phi) is 10.8. The van der Waals surface area contributed by atoms with Gasteiger partial charge in [-0.05, 0) is 5.54 Å². The van der Waals surface area contributed by atoms with Gasteiger partial charge in [-0.15, -0.1) is 6.42 Å². The smallest absolute Gasteiger partial charge is 0.367 e. The van der Waals surface area contributed by atoms with Crippen LogP contribution >= 0.6 is 0 Å². The molecule has 0 heterocycles. The van der Waals surface area contributed by atoms with Crippen molar-refractivity contribution in [2.45, 2.75) is 13.1 Å². The van der Waals surface area contributed by atoms with Crippen LogP contribution in [0.3, 0.4) is 0 Å². The topological polar surface area (TPSA) is 27.7 Å². The molecule has 0 unspecified atom stereocenters. The average Bonchev–Trinajstić information content (AvgIpc) is 2.11. The Labute approximate surface area is 78.6 Å². The van der Waals surface area contributed by atoms with Gasteiger partial charge in [-0.3, -0.25) is 0 Å². The molecule has 0 amide bonds. The lowest BCUT2D eigenvalue weighted by Crippen LogP contribution is -2.41. The third-order valence-corrected chi connectivity index (χ3v) is 2.95. The molecule has 0 aromatic carbocycles. The van der Waals surface area contributed by atoms with E-state index in [1.54, 1.807) is 0 Å². The van der Waals surface area contributed by atoms with Gasteiger partial charge in [0.15, 0.2) is 0 Å². The number of hydrogen-bond donors (Lipinski definition) is 0. The van der Waals surface area contributed by atoms with Gasteiger partial charge < -0.3 is 13.3 Å². The van der Waals surface area contributed by atoms with E-state index in [2.05, 4.69) is 18.6 Å². The summed E-state index contributed by atoms with van der Waals surface area (Å²) in [6, 6.07) is 0. The molecule has 72 valence electrons. The molecule has 0 N–H and O–H groups in total. The van der Waals surface area contributed by atoms with Crippen LogP contribution in [0.2, 0.25) is 13.1 Å². The summed E-state index contributed by atoms with van der Waals surface area (Å²) in [6.45, 7) is 4.53. The zero-order chi connectivity index (χ0) is 10.0. The molecular formula is C7H18O3Si2. The summed E-state index contributed by atoms with van der Waals surface area (Å²) in [5, 5.41) is 0. The van der Waals surface area contributed by atoms with Gasteiger partial charge in [0.05, 0.1) is 0 Å². The molecule has 0 aliphatic heterocycles. The van der Waals surface area contributed by atoms with Gasteiger partial charge in [-0.25, -0.2) is 0 Å². The van der Waals surface area contributed by atoms with Crippen molar-refractivity contribution in [2.75, 3.05) is 21.3 Å². The maximum absolute atomic E-state index is 5.08. The number of terminal acetylenes is 1. The highest BCUT2D eigenvalue weighted by Gasteiger charge is 2.35. The van der Waals surface area contributed by atoms with Crippen LogP contribution in [0.5, 0.6) is 0 Å². The SMILES string of the molecule is C#C[Si](OC)(OC)OC.C[SiH2]C. The molecule has 12 heavy (non-hydrogen) atoms. The summed E-state index contributed by atoms with van der Waals surface area (Å²) in [5.74, 6) is 0. The molecule has 0 aliphatic rings. The van der Waals surface area contributed by atoms with Crippen molar-refractivity contribution >= 4 is 18.3 Å². The van der Waals surface area contributed by atoms with E-state index in [-0.39, 0.29) is 0 Å². The third-order valence-electron chi connectivity index (χ3n) is 0.983. The molecule has 0 aliphatic carbocycles. The van der Waals surface area contributed by atoms with Crippen LogP contribution in [0.1, 0.15) is 0 Å². The number of rotatable bonds is 3. The van der Waals surface area contributed by atoms with Gasteiger partial charge in [0.1, 0.15) is 0 Å². The molecule has 0 aromatic heterocycles. The third kappa shape index (κ3) is 5.51. The summed E-state index contributed by atoms with van der Waals surface area (Å²) >= 11 is 0. The first kappa shape index (κ1) is 14.4. The quantitative estimate of drug-likeness (QED) is 0.491. The highest BCUT2D eigenvalue weighted by Crippen LogP contribution is 2.01. The number of hydrogen-bond acceptors (Lipinski definition) is 3. The maximum Gasteiger partial charge on any atom is 0.590 e. The average molecular weight is 206 g/mol. The van der Waals surface area contributed by atoms with E-state index in [9.17, 15) is 0 Å². The first-order chi connectivity index (χ1) is 5.66. The molecule has 0 saturated carbocycles. The van der Waals surface area contributed by atoms with Gasteiger partial charge in [-0.2, -0.15) is 0 Å². The summed E-state index contributed by atoms with van der Waals surface area (Å²) < 4.78 is 14.5. The van der Waals surface area contributed by atoms with E-state index < -0.39 is 8.80 Å². The normalized spacial score (nSPS) is 9.67. The van der Waals surface area contributed by atoms with Crippen molar-refractivity contribution in [2.24, 2.45) is 0 Å². The largest absolute Gasteiger partial charge is 0.590 e. The Morgan fingerprint density at radius 3 is 1.33 bits per heavy atom. The van der Waals surface area contributed by atoms with Gasteiger partial charge in [0.2, 0.25) is 0 Å². The predicted molar refractivity (Wildman–Crippen MR) is 55.9 cm³/mol. The molecule has 0 radical (unpaired) electrons. The van der Waals surface area contributed by atoms with Crippen LogP contribution in [0.15, 0.2) is 0 Å². The lowest BCUT2D eigenvalue weighted by atomic mass is 11.4. The molecule has 5 heteroatoms. The molecule has 0 spiro atoms. The van der Waals surface area contributed by atoms with Crippen LogP contribution in [-0.4, -0.2) is 39.7 Å². The summed E-state index contributed by atoms with van der Waals surface area (Å²) in [4.78, 5) is 0. The van der Waals surface area contributed by atoms with Crippen molar-refractivity contribution in [3.63, 3.8) is 0 Å². The van der Waals surface area contributed by atoms with Crippen molar-refractivity contribution in [1.29, 1.82) is 0 Å². The zero-order valence-electron chi connectivity index (χ0n) is 8.51. The van der Waals surface area contributed by atoms with Crippen LogP contribution in [-0.2, 0) is 13.3 Å². The van der Waals surface area contributed by atoms with Crippen molar-refractivity contribution in [1.82, 2.24) is 0 Å². The molecule has 3 nitrogen and oxygen atoms in total. The van der Waals surface area contributed by atoms with E-state index in [0.717, 1.165) is 0 Å². The standard InChI is InChI=1S/C5H10O3Si.C2H8Si/c1-5-9(6-2,7-3)8-4;1-3-2/h1H,2-4H3;3H2,1-2H3. The van der Waals surface area contributed by atoms with Gasteiger partial charge >= 0.3 is 8.80 Å². The molecule has 0 fully saturated rings. The summed E-state index contributed by atoms with van der Waals surface area (Å²) in [7, 11) is 2.17. The monoisotopic (exact) mass is 206 g/mol.